The number of hydrogen-bond acceptors (Lipinski definition) is 2. The zero-order valence-corrected chi connectivity index (χ0v) is 11.2. The molecule has 0 saturated carbocycles. The summed E-state index contributed by atoms with van der Waals surface area (Å²) in [5.74, 6) is -0.258. The van der Waals surface area contributed by atoms with Crippen molar-refractivity contribution in [3.8, 4) is 0 Å². The minimum atomic E-state index is -0.129. The summed E-state index contributed by atoms with van der Waals surface area (Å²) in [6.45, 7) is 6.09. The molecule has 0 spiro atoms. The molecule has 0 radical (unpaired) electrons. The van der Waals surface area contributed by atoms with Crippen molar-refractivity contribution < 1.29 is 9.59 Å². The van der Waals surface area contributed by atoms with E-state index in [1.165, 1.54) is 11.8 Å². The third kappa shape index (κ3) is 3.87. The van der Waals surface area contributed by atoms with E-state index in [0.717, 1.165) is 17.7 Å². The number of carbonyl (C=O) groups is 2. The lowest BCUT2D eigenvalue weighted by Crippen LogP contribution is -2.40. The summed E-state index contributed by atoms with van der Waals surface area (Å²) in [4.78, 5) is 24.8. The zero-order valence-electron chi connectivity index (χ0n) is 11.2. The van der Waals surface area contributed by atoms with Crippen molar-refractivity contribution in [3.05, 3.63) is 29.8 Å². The van der Waals surface area contributed by atoms with Crippen molar-refractivity contribution in [1.82, 2.24) is 5.32 Å². The Labute approximate surface area is 108 Å². The molecule has 0 heterocycles. The molecule has 1 N–H and O–H groups in total. The van der Waals surface area contributed by atoms with E-state index in [0.29, 0.717) is 6.54 Å². The SMILES string of the molecule is CCCNC(=O)CN(C(C)=O)c1ccccc1C. The summed E-state index contributed by atoms with van der Waals surface area (Å²) in [5.41, 5.74) is 1.77. The maximum absolute atomic E-state index is 11.7. The van der Waals surface area contributed by atoms with Crippen LogP contribution in [0.2, 0.25) is 0 Å². The van der Waals surface area contributed by atoms with Crippen molar-refractivity contribution in [2.24, 2.45) is 0 Å². The van der Waals surface area contributed by atoms with Crippen LogP contribution in [0.3, 0.4) is 0 Å². The second kappa shape index (κ2) is 6.79. The predicted molar refractivity (Wildman–Crippen MR) is 72.5 cm³/mol. The third-order valence-electron chi connectivity index (χ3n) is 2.66. The highest BCUT2D eigenvalue weighted by Gasteiger charge is 2.16. The van der Waals surface area contributed by atoms with Gasteiger partial charge in [-0.15, -0.1) is 0 Å². The van der Waals surface area contributed by atoms with Crippen molar-refractivity contribution >= 4 is 17.5 Å². The summed E-state index contributed by atoms with van der Waals surface area (Å²) < 4.78 is 0. The lowest BCUT2D eigenvalue weighted by molar-refractivity contribution is -0.123. The van der Waals surface area contributed by atoms with Gasteiger partial charge in [0, 0.05) is 19.2 Å². The van der Waals surface area contributed by atoms with Crippen LogP contribution in [0.25, 0.3) is 0 Å². The van der Waals surface area contributed by atoms with E-state index in [4.69, 9.17) is 0 Å². The molecule has 98 valence electrons. The van der Waals surface area contributed by atoms with Crippen LogP contribution in [-0.4, -0.2) is 24.9 Å². The van der Waals surface area contributed by atoms with Crippen molar-refractivity contribution in [3.63, 3.8) is 0 Å². The smallest absolute Gasteiger partial charge is 0.240 e. The number of nitrogens with one attached hydrogen (secondary N) is 1. The van der Waals surface area contributed by atoms with Crippen LogP contribution < -0.4 is 10.2 Å². The van der Waals surface area contributed by atoms with Gasteiger partial charge in [-0.1, -0.05) is 25.1 Å². The minimum Gasteiger partial charge on any atom is -0.355 e. The van der Waals surface area contributed by atoms with Gasteiger partial charge in [0.2, 0.25) is 11.8 Å². The largest absolute Gasteiger partial charge is 0.355 e. The molecule has 0 fully saturated rings. The Morgan fingerprint density at radius 1 is 1.28 bits per heavy atom. The predicted octanol–water partition coefficient (Wildman–Crippen LogP) is 1.87. The van der Waals surface area contributed by atoms with E-state index in [1.54, 1.807) is 0 Å². The molecule has 1 aromatic carbocycles. The monoisotopic (exact) mass is 248 g/mol. The number of anilines is 1. The standard InChI is InChI=1S/C14H20N2O2/c1-4-9-15-14(18)10-16(12(3)17)13-8-6-5-7-11(13)2/h5-8H,4,9-10H2,1-3H3,(H,15,18). The molecule has 2 amide bonds. The highest BCUT2D eigenvalue weighted by Crippen LogP contribution is 2.19. The average Bonchev–Trinajstić information content (AvgIpc) is 2.34. The molecule has 0 atom stereocenters. The Hall–Kier alpha value is -1.84. The molecule has 4 heteroatoms. The van der Waals surface area contributed by atoms with E-state index in [2.05, 4.69) is 5.32 Å². The number of amides is 2. The van der Waals surface area contributed by atoms with Crippen molar-refractivity contribution in [2.75, 3.05) is 18.0 Å². The van der Waals surface area contributed by atoms with Crippen LogP contribution in [0.15, 0.2) is 24.3 Å². The topological polar surface area (TPSA) is 49.4 Å². The number of rotatable bonds is 5. The highest BCUT2D eigenvalue weighted by molar-refractivity contribution is 5.98. The number of carbonyl (C=O) groups excluding carboxylic acids is 2. The quantitative estimate of drug-likeness (QED) is 0.865. The first kappa shape index (κ1) is 14.2. The number of hydrogen-bond donors (Lipinski definition) is 1. The van der Waals surface area contributed by atoms with Gasteiger partial charge in [-0.25, -0.2) is 0 Å². The van der Waals surface area contributed by atoms with Crippen LogP contribution in [0, 0.1) is 6.92 Å². The molecule has 4 nitrogen and oxygen atoms in total. The molecule has 0 aliphatic rings. The van der Waals surface area contributed by atoms with E-state index in [-0.39, 0.29) is 18.4 Å². The Bertz CT molecular complexity index is 430. The van der Waals surface area contributed by atoms with Crippen LogP contribution in [0.4, 0.5) is 5.69 Å². The summed E-state index contributed by atoms with van der Waals surface area (Å²) >= 11 is 0. The normalized spacial score (nSPS) is 9.94. The summed E-state index contributed by atoms with van der Waals surface area (Å²) in [6.07, 6.45) is 0.885. The second-order valence-electron chi connectivity index (χ2n) is 4.24. The molecule has 0 saturated heterocycles. The van der Waals surface area contributed by atoms with Gasteiger partial charge in [0.1, 0.15) is 6.54 Å². The van der Waals surface area contributed by atoms with Gasteiger partial charge in [0.25, 0.3) is 0 Å². The molecule has 0 aliphatic heterocycles. The van der Waals surface area contributed by atoms with Crippen LogP contribution >= 0.6 is 0 Å². The number of aryl methyl sites for hydroxylation is 1. The summed E-state index contributed by atoms with van der Waals surface area (Å²) in [5, 5.41) is 2.77. The number of para-hydroxylation sites is 1. The fourth-order valence-corrected chi connectivity index (χ4v) is 1.70. The zero-order chi connectivity index (χ0) is 13.5. The van der Waals surface area contributed by atoms with Gasteiger partial charge >= 0.3 is 0 Å². The highest BCUT2D eigenvalue weighted by atomic mass is 16.2. The summed E-state index contributed by atoms with van der Waals surface area (Å²) in [7, 11) is 0. The Morgan fingerprint density at radius 3 is 2.50 bits per heavy atom. The van der Waals surface area contributed by atoms with Gasteiger partial charge in [-0.2, -0.15) is 0 Å². The Morgan fingerprint density at radius 2 is 1.94 bits per heavy atom. The molecule has 0 unspecified atom stereocenters. The minimum absolute atomic E-state index is 0.0696. The molecular weight excluding hydrogens is 228 g/mol. The van der Waals surface area contributed by atoms with E-state index in [1.807, 2.05) is 38.1 Å². The second-order valence-corrected chi connectivity index (χ2v) is 4.24. The fourth-order valence-electron chi connectivity index (χ4n) is 1.70. The van der Waals surface area contributed by atoms with Crippen molar-refractivity contribution in [1.29, 1.82) is 0 Å². The lowest BCUT2D eigenvalue weighted by Gasteiger charge is -2.22. The maximum Gasteiger partial charge on any atom is 0.240 e. The van der Waals surface area contributed by atoms with Gasteiger partial charge in [0.05, 0.1) is 0 Å². The van der Waals surface area contributed by atoms with Crippen molar-refractivity contribution in [2.45, 2.75) is 27.2 Å². The number of nitrogens with zero attached hydrogens (tertiary/aromatic N) is 1. The van der Waals surface area contributed by atoms with Crippen LogP contribution in [0.5, 0.6) is 0 Å². The van der Waals surface area contributed by atoms with E-state index >= 15 is 0 Å². The average molecular weight is 248 g/mol. The van der Waals surface area contributed by atoms with Gasteiger partial charge in [-0.05, 0) is 25.0 Å². The van der Waals surface area contributed by atoms with E-state index < -0.39 is 0 Å². The van der Waals surface area contributed by atoms with E-state index in [9.17, 15) is 9.59 Å². The molecule has 1 aromatic rings. The fraction of sp³-hybridized carbons (Fsp3) is 0.429. The van der Waals surface area contributed by atoms with Gasteiger partial charge in [0.15, 0.2) is 0 Å². The Balaban J connectivity index is 2.81. The molecule has 1 rings (SSSR count). The van der Waals surface area contributed by atoms with Gasteiger partial charge in [-0.3, -0.25) is 9.59 Å². The summed E-state index contributed by atoms with van der Waals surface area (Å²) in [6, 6.07) is 7.55. The van der Waals surface area contributed by atoms with Crippen LogP contribution in [-0.2, 0) is 9.59 Å². The molecule has 0 aliphatic carbocycles. The molecule has 18 heavy (non-hydrogen) atoms. The maximum atomic E-state index is 11.7. The first-order chi connectivity index (χ1) is 8.56. The molecule has 0 bridgehead atoms. The molecule has 0 aromatic heterocycles. The first-order valence-electron chi connectivity index (χ1n) is 6.16. The van der Waals surface area contributed by atoms with Crippen LogP contribution in [0.1, 0.15) is 25.8 Å². The molecular formula is C14H20N2O2. The van der Waals surface area contributed by atoms with Gasteiger partial charge < -0.3 is 10.2 Å². The Kier molecular flexibility index (Phi) is 5.36. The first-order valence-corrected chi connectivity index (χ1v) is 6.16. The lowest BCUT2D eigenvalue weighted by atomic mass is 10.2. The third-order valence-corrected chi connectivity index (χ3v) is 2.66. The number of benzene rings is 1.